The average molecular weight is 343 g/mol. The van der Waals surface area contributed by atoms with Crippen molar-refractivity contribution in [3.05, 3.63) is 60.8 Å². The van der Waals surface area contributed by atoms with Gasteiger partial charge in [0.25, 0.3) is 0 Å². The van der Waals surface area contributed by atoms with Gasteiger partial charge in [0.2, 0.25) is 0 Å². The minimum atomic E-state index is 0.294. The van der Waals surface area contributed by atoms with Crippen LogP contribution in [0.15, 0.2) is 60.8 Å². The van der Waals surface area contributed by atoms with Gasteiger partial charge in [0, 0.05) is 29.8 Å². The summed E-state index contributed by atoms with van der Waals surface area (Å²) in [6, 6.07) is 19.6. The quantitative estimate of drug-likeness (QED) is 0.593. The van der Waals surface area contributed by atoms with Crippen LogP contribution in [0.3, 0.4) is 0 Å². The van der Waals surface area contributed by atoms with E-state index < -0.39 is 0 Å². The fourth-order valence-corrected chi connectivity index (χ4v) is 3.87. The standard InChI is InChI=1S/C21H21N5/c22-17-7-8-18(12-17)24-21-13-19(25-20-9-10-23-26(20)21)16-6-5-14-3-1-2-4-15(14)11-16/h1-6,9-11,13,17-18,24H,7-8,12,22H2/t17-,18-/m0/s1. The van der Waals surface area contributed by atoms with E-state index in [9.17, 15) is 0 Å². The fraction of sp³-hybridized carbons (Fsp3) is 0.238. The highest BCUT2D eigenvalue weighted by Gasteiger charge is 2.22. The average Bonchev–Trinajstić information content (AvgIpc) is 3.30. The summed E-state index contributed by atoms with van der Waals surface area (Å²) in [5, 5.41) is 10.5. The lowest BCUT2D eigenvalue weighted by atomic mass is 10.0. The second kappa shape index (κ2) is 6.11. The summed E-state index contributed by atoms with van der Waals surface area (Å²) in [6.07, 6.45) is 4.95. The molecule has 2 heterocycles. The Kier molecular flexibility index (Phi) is 3.60. The van der Waals surface area contributed by atoms with Crippen LogP contribution in [0.5, 0.6) is 0 Å². The number of fused-ring (bicyclic) bond motifs is 2. The zero-order valence-electron chi connectivity index (χ0n) is 14.5. The van der Waals surface area contributed by atoms with E-state index in [4.69, 9.17) is 10.7 Å². The molecule has 130 valence electrons. The lowest BCUT2D eigenvalue weighted by Crippen LogP contribution is -2.22. The summed E-state index contributed by atoms with van der Waals surface area (Å²) in [5.41, 5.74) is 8.98. The van der Waals surface area contributed by atoms with Crippen LogP contribution in [0.1, 0.15) is 19.3 Å². The molecule has 0 spiro atoms. The number of rotatable bonds is 3. The largest absolute Gasteiger partial charge is 0.367 e. The highest BCUT2D eigenvalue weighted by Crippen LogP contribution is 2.28. The highest BCUT2D eigenvalue weighted by atomic mass is 15.3. The second-order valence-electron chi connectivity index (χ2n) is 7.10. The van der Waals surface area contributed by atoms with Crippen molar-refractivity contribution in [3.63, 3.8) is 0 Å². The molecule has 0 radical (unpaired) electrons. The molecule has 1 fully saturated rings. The summed E-state index contributed by atoms with van der Waals surface area (Å²) >= 11 is 0. The molecule has 0 amide bonds. The number of hydrogen-bond acceptors (Lipinski definition) is 4. The number of benzene rings is 2. The number of nitrogens with one attached hydrogen (secondary N) is 1. The minimum absolute atomic E-state index is 0.294. The van der Waals surface area contributed by atoms with Crippen molar-refractivity contribution in [1.29, 1.82) is 0 Å². The SMILES string of the molecule is N[C@H]1CC[C@H](Nc2cc(-c3ccc4ccccc4c3)nc3ccnn23)C1. The number of nitrogens with zero attached hydrogens (tertiary/aromatic N) is 3. The van der Waals surface area contributed by atoms with Crippen molar-refractivity contribution in [1.82, 2.24) is 14.6 Å². The maximum absolute atomic E-state index is 6.07. The van der Waals surface area contributed by atoms with Gasteiger partial charge >= 0.3 is 0 Å². The molecule has 0 saturated heterocycles. The van der Waals surface area contributed by atoms with Crippen LogP contribution in [0.2, 0.25) is 0 Å². The maximum Gasteiger partial charge on any atom is 0.157 e. The zero-order chi connectivity index (χ0) is 17.5. The summed E-state index contributed by atoms with van der Waals surface area (Å²) < 4.78 is 1.87. The molecule has 2 atom stereocenters. The van der Waals surface area contributed by atoms with Gasteiger partial charge in [-0.05, 0) is 36.1 Å². The monoisotopic (exact) mass is 343 g/mol. The van der Waals surface area contributed by atoms with Crippen LogP contribution in [0, 0.1) is 0 Å². The van der Waals surface area contributed by atoms with Crippen LogP contribution in [-0.4, -0.2) is 26.7 Å². The van der Waals surface area contributed by atoms with E-state index >= 15 is 0 Å². The van der Waals surface area contributed by atoms with Gasteiger partial charge in [-0.1, -0.05) is 36.4 Å². The number of aromatic nitrogens is 3. The van der Waals surface area contributed by atoms with Gasteiger partial charge in [0.15, 0.2) is 5.65 Å². The summed E-state index contributed by atoms with van der Waals surface area (Å²) in [7, 11) is 0. The first-order chi connectivity index (χ1) is 12.8. The predicted molar refractivity (Wildman–Crippen MR) is 105 cm³/mol. The first kappa shape index (κ1) is 15.3. The maximum atomic E-state index is 6.07. The molecule has 5 nitrogen and oxygen atoms in total. The van der Waals surface area contributed by atoms with Crippen LogP contribution in [-0.2, 0) is 0 Å². The summed E-state index contributed by atoms with van der Waals surface area (Å²) in [4.78, 5) is 4.80. The van der Waals surface area contributed by atoms with Crippen molar-refractivity contribution >= 4 is 22.2 Å². The molecule has 5 rings (SSSR count). The number of hydrogen-bond donors (Lipinski definition) is 2. The molecule has 1 aliphatic rings. The van der Waals surface area contributed by atoms with E-state index in [0.29, 0.717) is 12.1 Å². The Morgan fingerprint density at radius 1 is 1.00 bits per heavy atom. The Morgan fingerprint density at radius 2 is 1.88 bits per heavy atom. The molecule has 2 aromatic carbocycles. The number of anilines is 1. The van der Waals surface area contributed by atoms with Crippen molar-refractivity contribution in [2.45, 2.75) is 31.3 Å². The third kappa shape index (κ3) is 2.70. The topological polar surface area (TPSA) is 68.2 Å². The number of nitrogens with two attached hydrogens (primary N) is 1. The first-order valence-corrected chi connectivity index (χ1v) is 9.12. The van der Waals surface area contributed by atoms with Gasteiger partial charge in [-0.15, -0.1) is 0 Å². The Hall–Kier alpha value is -2.92. The van der Waals surface area contributed by atoms with Gasteiger partial charge in [0.1, 0.15) is 5.82 Å². The van der Waals surface area contributed by atoms with Crippen molar-refractivity contribution in [2.24, 2.45) is 5.73 Å². The molecule has 1 saturated carbocycles. The minimum Gasteiger partial charge on any atom is -0.367 e. The molecule has 5 heteroatoms. The Bertz CT molecular complexity index is 1080. The molecule has 0 bridgehead atoms. The van der Waals surface area contributed by atoms with E-state index in [1.807, 2.05) is 10.6 Å². The smallest absolute Gasteiger partial charge is 0.157 e. The first-order valence-electron chi connectivity index (χ1n) is 9.12. The van der Waals surface area contributed by atoms with Gasteiger partial charge in [0.05, 0.1) is 11.9 Å². The highest BCUT2D eigenvalue weighted by molar-refractivity contribution is 5.87. The molecular formula is C21H21N5. The molecule has 1 aliphatic carbocycles. The Balaban J connectivity index is 1.58. The molecule has 2 aromatic heterocycles. The van der Waals surface area contributed by atoms with Crippen molar-refractivity contribution in [2.75, 3.05) is 5.32 Å². The predicted octanol–water partition coefficient (Wildman–Crippen LogP) is 3.84. The molecule has 4 aromatic rings. The van der Waals surface area contributed by atoms with Gasteiger partial charge in [-0.25, -0.2) is 4.98 Å². The molecule has 3 N–H and O–H groups in total. The van der Waals surface area contributed by atoms with Gasteiger partial charge in [-0.2, -0.15) is 9.61 Å². The lowest BCUT2D eigenvalue weighted by molar-refractivity contribution is 0.684. The van der Waals surface area contributed by atoms with Crippen molar-refractivity contribution < 1.29 is 0 Å². The van der Waals surface area contributed by atoms with Gasteiger partial charge < -0.3 is 11.1 Å². The fourth-order valence-electron chi connectivity index (χ4n) is 3.87. The van der Waals surface area contributed by atoms with Crippen LogP contribution in [0.4, 0.5) is 5.82 Å². The summed E-state index contributed by atoms with van der Waals surface area (Å²) in [5.74, 6) is 0.974. The molecule has 26 heavy (non-hydrogen) atoms. The Morgan fingerprint density at radius 3 is 2.73 bits per heavy atom. The molecule has 0 unspecified atom stereocenters. The van der Waals surface area contributed by atoms with Crippen LogP contribution in [0.25, 0.3) is 27.7 Å². The van der Waals surface area contributed by atoms with E-state index in [0.717, 1.165) is 42.0 Å². The zero-order valence-corrected chi connectivity index (χ0v) is 14.5. The van der Waals surface area contributed by atoms with Crippen molar-refractivity contribution in [3.8, 4) is 11.3 Å². The van der Waals surface area contributed by atoms with Crippen LogP contribution < -0.4 is 11.1 Å². The van der Waals surface area contributed by atoms with Crippen LogP contribution >= 0.6 is 0 Å². The van der Waals surface area contributed by atoms with E-state index in [1.165, 1.54) is 10.8 Å². The van der Waals surface area contributed by atoms with Gasteiger partial charge in [-0.3, -0.25) is 0 Å². The van der Waals surface area contributed by atoms with E-state index in [-0.39, 0.29) is 0 Å². The third-order valence-electron chi connectivity index (χ3n) is 5.23. The normalized spacial score (nSPS) is 20.0. The summed E-state index contributed by atoms with van der Waals surface area (Å²) in [6.45, 7) is 0. The molecule has 0 aliphatic heterocycles. The Labute approximate surface area is 151 Å². The van der Waals surface area contributed by atoms with E-state index in [1.54, 1.807) is 6.20 Å². The lowest BCUT2D eigenvalue weighted by Gasteiger charge is -2.16. The van der Waals surface area contributed by atoms with E-state index in [2.05, 4.69) is 58.9 Å². The molecular weight excluding hydrogens is 322 g/mol. The second-order valence-corrected chi connectivity index (χ2v) is 7.10. The third-order valence-corrected chi connectivity index (χ3v) is 5.23.